The molecule has 0 fully saturated rings. The number of nitrogens with one attached hydrogen (secondary N) is 1. The molecule has 0 rings (SSSR count). The Balaban J connectivity index is 3.37. The summed E-state index contributed by atoms with van der Waals surface area (Å²) in [5.74, 6) is -1.05. The van der Waals surface area contributed by atoms with E-state index in [1.807, 2.05) is 6.92 Å². The van der Waals surface area contributed by atoms with Crippen molar-refractivity contribution in [1.82, 2.24) is 5.32 Å². The van der Waals surface area contributed by atoms with Gasteiger partial charge in [0.05, 0.1) is 0 Å². The van der Waals surface area contributed by atoms with Crippen LogP contribution in [0.1, 0.15) is 117 Å². The molecule has 0 bridgehead atoms. The van der Waals surface area contributed by atoms with E-state index in [1.165, 1.54) is 70.6 Å². The van der Waals surface area contributed by atoms with Crippen molar-refractivity contribution in [2.75, 3.05) is 0 Å². The summed E-state index contributed by atoms with van der Waals surface area (Å²) in [6.45, 7) is 4.18. The molecule has 0 aliphatic rings. The van der Waals surface area contributed by atoms with E-state index in [0.717, 1.165) is 19.3 Å². The lowest BCUT2D eigenvalue weighted by molar-refractivity contribution is -0.142. The number of carboxylic acid groups (broad SMARTS) is 1. The first-order valence-corrected chi connectivity index (χ1v) is 10.6. The molecular formula is C21H41NO3. The zero-order valence-corrected chi connectivity index (χ0v) is 16.7. The third-order valence-corrected chi connectivity index (χ3v) is 4.72. The summed E-state index contributed by atoms with van der Waals surface area (Å²) >= 11 is 0. The number of carboxylic acids is 1. The van der Waals surface area contributed by atoms with Crippen LogP contribution in [0.25, 0.3) is 0 Å². The van der Waals surface area contributed by atoms with E-state index < -0.39 is 12.0 Å². The van der Waals surface area contributed by atoms with Gasteiger partial charge in [0.2, 0.25) is 5.91 Å². The highest BCUT2D eigenvalue weighted by molar-refractivity contribution is 5.83. The van der Waals surface area contributed by atoms with E-state index in [2.05, 4.69) is 12.2 Å². The van der Waals surface area contributed by atoms with Gasteiger partial charge in [0, 0.05) is 6.42 Å². The van der Waals surface area contributed by atoms with Gasteiger partial charge in [-0.05, 0) is 12.8 Å². The Hall–Kier alpha value is -1.06. The fourth-order valence-electron chi connectivity index (χ4n) is 3.12. The first-order chi connectivity index (χ1) is 12.1. The van der Waals surface area contributed by atoms with Crippen LogP contribution < -0.4 is 5.32 Å². The molecule has 4 heteroatoms. The maximum Gasteiger partial charge on any atom is 0.326 e. The molecule has 4 nitrogen and oxygen atoms in total. The van der Waals surface area contributed by atoms with Crippen molar-refractivity contribution >= 4 is 11.9 Å². The molecule has 0 aromatic rings. The Bertz CT molecular complexity index is 331. The quantitative estimate of drug-likeness (QED) is 0.304. The van der Waals surface area contributed by atoms with Gasteiger partial charge in [-0.25, -0.2) is 4.79 Å². The Morgan fingerprint density at radius 3 is 1.56 bits per heavy atom. The second-order valence-corrected chi connectivity index (χ2v) is 7.24. The largest absolute Gasteiger partial charge is 0.480 e. The molecule has 0 radical (unpaired) electrons. The van der Waals surface area contributed by atoms with E-state index in [4.69, 9.17) is 5.11 Å². The maximum absolute atomic E-state index is 11.8. The molecular weight excluding hydrogens is 314 g/mol. The van der Waals surface area contributed by atoms with Gasteiger partial charge < -0.3 is 10.4 Å². The highest BCUT2D eigenvalue weighted by Crippen LogP contribution is 2.13. The van der Waals surface area contributed by atoms with Gasteiger partial charge in [0.15, 0.2) is 0 Å². The molecule has 0 aromatic carbocycles. The molecule has 148 valence electrons. The summed E-state index contributed by atoms with van der Waals surface area (Å²) in [5, 5.41) is 11.6. The van der Waals surface area contributed by atoms with Gasteiger partial charge in [-0.2, -0.15) is 0 Å². The Morgan fingerprint density at radius 1 is 0.720 bits per heavy atom. The van der Waals surface area contributed by atoms with Crippen LogP contribution in [0.15, 0.2) is 0 Å². The highest BCUT2D eigenvalue weighted by Gasteiger charge is 2.18. The van der Waals surface area contributed by atoms with Crippen molar-refractivity contribution in [3.8, 4) is 0 Å². The standard InChI is InChI=1S/C21H41NO3/c1-3-5-6-7-8-9-10-11-12-13-14-15-16-18-20(23)22-19(17-4-2)21(24)25/h19H,3-18H2,1-2H3,(H,22,23)(H,24,25). The van der Waals surface area contributed by atoms with Crippen LogP contribution in [-0.4, -0.2) is 23.0 Å². The lowest BCUT2D eigenvalue weighted by Crippen LogP contribution is -2.40. The van der Waals surface area contributed by atoms with Crippen LogP contribution in [0, 0.1) is 0 Å². The van der Waals surface area contributed by atoms with Crippen molar-refractivity contribution in [2.24, 2.45) is 0 Å². The summed E-state index contributed by atoms with van der Waals surface area (Å²) in [5.41, 5.74) is 0. The molecule has 0 aromatic heterocycles. The summed E-state index contributed by atoms with van der Waals surface area (Å²) in [6, 6.07) is -0.723. The molecule has 0 heterocycles. The monoisotopic (exact) mass is 355 g/mol. The smallest absolute Gasteiger partial charge is 0.326 e. The molecule has 0 aliphatic carbocycles. The van der Waals surface area contributed by atoms with E-state index in [0.29, 0.717) is 12.8 Å². The van der Waals surface area contributed by atoms with Gasteiger partial charge in [-0.3, -0.25) is 4.79 Å². The molecule has 0 saturated carbocycles. The number of rotatable bonds is 18. The third-order valence-electron chi connectivity index (χ3n) is 4.72. The SMILES string of the molecule is CCCCCCCCCCCCCCCC(=O)NC(CCC)C(=O)O. The molecule has 0 saturated heterocycles. The van der Waals surface area contributed by atoms with Crippen LogP contribution in [0.4, 0.5) is 0 Å². The lowest BCUT2D eigenvalue weighted by Gasteiger charge is -2.13. The molecule has 0 aliphatic heterocycles. The molecule has 1 amide bonds. The van der Waals surface area contributed by atoms with Crippen molar-refractivity contribution in [3.63, 3.8) is 0 Å². The normalized spacial score (nSPS) is 12.1. The summed E-state index contributed by atoms with van der Waals surface area (Å²) in [7, 11) is 0. The Morgan fingerprint density at radius 2 is 1.16 bits per heavy atom. The second kappa shape index (κ2) is 17.8. The van der Waals surface area contributed by atoms with Crippen LogP contribution in [0.3, 0.4) is 0 Å². The van der Waals surface area contributed by atoms with E-state index in [9.17, 15) is 9.59 Å². The minimum absolute atomic E-state index is 0.121. The molecule has 25 heavy (non-hydrogen) atoms. The number of hydrogen-bond acceptors (Lipinski definition) is 2. The van der Waals surface area contributed by atoms with E-state index in [-0.39, 0.29) is 5.91 Å². The van der Waals surface area contributed by atoms with E-state index >= 15 is 0 Å². The summed E-state index contributed by atoms with van der Waals surface area (Å²) in [4.78, 5) is 22.8. The first-order valence-electron chi connectivity index (χ1n) is 10.6. The fourth-order valence-corrected chi connectivity index (χ4v) is 3.12. The summed E-state index contributed by atoms with van der Waals surface area (Å²) < 4.78 is 0. The molecule has 0 spiro atoms. The fraction of sp³-hybridized carbons (Fsp3) is 0.905. The number of carbonyl (C=O) groups is 2. The average Bonchev–Trinajstić information content (AvgIpc) is 2.58. The van der Waals surface area contributed by atoms with Crippen molar-refractivity contribution in [1.29, 1.82) is 0 Å². The molecule has 2 N–H and O–H groups in total. The average molecular weight is 356 g/mol. The number of unbranched alkanes of at least 4 members (excludes halogenated alkanes) is 12. The van der Waals surface area contributed by atoms with Crippen LogP contribution in [0.5, 0.6) is 0 Å². The zero-order chi connectivity index (χ0) is 18.8. The highest BCUT2D eigenvalue weighted by atomic mass is 16.4. The number of carbonyl (C=O) groups excluding carboxylic acids is 1. The van der Waals surface area contributed by atoms with Crippen molar-refractivity contribution < 1.29 is 14.7 Å². The van der Waals surface area contributed by atoms with Crippen LogP contribution in [0.2, 0.25) is 0 Å². The van der Waals surface area contributed by atoms with Gasteiger partial charge >= 0.3 is 5.97 Å². The first kappa shape index (κ1) is 23.9. The number of amides is 1. The minimum Gasteiger partial charge on any atom is -0.480 e. The van der Waals surface area contributed by atoms with E-state index in [1.54, 1.807) is 0 Å². The summed E-state index contributed by atoms with van der Waals surface area (Å²) in [6.07, 6.45) is 18.4. The van der Waals surface area contributed by atoms with Gasteiger partial charge in [0.25, 0.3) is 0 Å². The van der Waals surface area contributed by atoms with Crippen molar-refractivity contribution in [3.05, 3.63) is 0 Å². The second-order valence-electron chi connectivity index (χ2n) is 7.24. The number of hydrogen-bond donors (Lipinski definition) is 2. The van der Waals surface area contributed by atoms with Crippen LogP contribution >= 0.6 is 0 Å². The lowest BCUT2D eigenvalue weighted by atomic mass is 10.0. The zero-order valence-electron chi connectivity index (χ0n) is 16.7. The molecule has 1 atom stereocenters. The molecule has 1 unspecified atom stereocenters. The third kappa shape index (κ3) is 16.2. The van der Waals surface area contributed by atoms with Crippen molar-refractivity contribution in [2.45, 2.75) is 123 Å². The minimum atomic E-state index is -0.930. The van der Waals surface area contributed by atoms with Crippen LogP contribution in [-0.2, 0) is 9.59 Å². The van der Waals surface area contributed by atoms with Gasteiger partial charge in [-0.1, -0.05) is 97.3 Å². The van der Waals surface area contributed by atoms with Gasteiger partial charge in [-0.15, -0.1) is 0 Å². The maximum atomic E-state index is 11.8. The Labute approximate surface area is 155 Å². The van der Waals surface area contributed by atoms with Gasteiger partial charge in [0.1, 0.15) is 6.04 Å². The predicted molar refractivity (Wildman–Crippen MR) is 105 cm³/mol. The topological polar surface area (TPSA) is 66.4 Å². The number of aliphatic carboxylic acids is 1. The Kier molecular flexibility index (Phi) is 17.0. The predicted octanol–water partition coefficient (Wildman–Crippen LogP) is 5.84.